The van der Waals surface area contributed by atoms with Crippen molar-refractivity contribution in [1.29, 1.82) is 0 Å². The molecule has 0 saturated carbocycles. The van der Waals surface area contributed by atoms with E-state index in [2.05, 4.69) is 5.32 Å². The van der Waals surface area contributed by atoms with Crippen molar-refractivity contribution < 1.29 is 28.2 Å². The third-order valence-corrected chi connectivity index (χ3v) is 5.45. The lowest BCUT2D eigenvalue weighted by Gasteiger charge is -2.18. The van der Waals surface area contributed by atoms with Crippen LogP contribution in [0.5, 0.6) is 11.5 Å². The Morgan fingerprint density at radius 3 is 2.80 bits per heavy atom. The van der Waals surface area contributed by atoms with Crippen molar-refractivity contribution >= 4 is 11.8 Å². The number of carbonyl (C=O) groups is 2. The zero-order valence-electron chi connectivity index (χ0n) is 16.6. The van der Waals surface area contributed by atoms with Crippen molar-refractivity contribution in [2.45, 2.75) is 5.92 Å². The van der Waals surface area contributed by atoms with Crippen LogP contribution in [0.25, 0.3) is 0 Å². The summed E-state index contributed by atoms with van der Waals surface area (Å²) in [6.45, 7) is 1.45. The van der Waals surface area contributed by atoms with Gasteiger partial charge in [0.2, 0.25) is 12.7 Å². The van der Waals surface area contributed by atoms with Gasteiger partial charge in [0.1, 0.15) is 5.82 Å². The van der Waals surface area contributed by atoms with Crippen LogP contribution in [0, 0.1) is 11.7 Å². The second-order valence-electron chi connectivity index (χ2n) is 7.33. The lowest BCUT2D eigenvalue weighted by molar-refractivity contribution is -0.125. The van der Waals surface area contributed by atoms with Crippen molar-refractivity contribution in [2.75, 3.05) is 40.1 Å². The summed E-state index contributed by atoms with van der Waals surface area (Å²) in [4.78, 5) is 27.6. The number of methoxy groups -OCH3 is 1. The summed E-state index contributed by atoms with van der Waals surface area (Å²) in [6, 6.07) is 11.2. The summed E-state index contributed by atoms with van der Waals surface area (Å²) in [6.07, 6.45) is 0. The van der Waals surface area contributed by atoms with E-state index in [1.807, 2.05) is 0 Å². The molecule has 8 heteroatoms. The molecule has 0 aliphatic carbocycles. The Hall–Kier alpha value is -3.13. The fourth-order valence-corrected chi connectivity index (χ4v) is 3.93. The van der Waals surface area contributed by atoms with Gasteiger partial charge in [-0.25, -0.2) is 4.39 Å². The summed E-state index contributed by atoms with van der Waals surface area (Å²) in [7, 11) is 1.56. The Labute approximate surface area is 173 Å². The average molecular weight is 414 g/mol. The Bertz CT molecular complexity index is 951. The van der Waals surface area contributed by atoms with Gasteiger partial charge in [-0.3, -0.25) is 9.59 Å². The molecular formula is C22H23FN2O5. The van der Waals surface area contributed by atoms with Crippen LogP contribution in [0.3, 0.4) is 0 Å². The maximum atomic E-state index is 13.8. The molecule has 30 heavy (non-hydrogen) atoms. The Kier molecular flexibility index (Phi) is 5.85. The molecule has 0 bridgehead atoms. The molecule has 2 heterocycles. The number of rotatable bonds is 6. The molecule has 0 unspecified atom stereocenters. The highest BCUT2D eigenvalue weighted by atomic mass is 19.1. The minimum Gasteiger partial charge on any atom is -0.454 e. The molecule has 1 saturated heterocycles. The van der Waals surface area contributed by atoms with Crippen LogP contribution in [-0.4, -0.2) is 56.9 Å². The number of hydrogen-bond donors (Lipinski definition) is 1. The van der Waals surface area contributed by atoms with Crippen LogP contribution in [0.4, 0.5) is 4.39 Å². The first kappa shape index (κ1) is 20.2. The van der Waals surface area contributed by atoms with E-state index in [1.54, 1.807) is 42.3 Å². The number of halogens is 1. The molecule has 2 aromatic carbocycles. The van der Waals surface area contributed by atoms with Crippen LogP contribution >= 0.6 is 0 Å². The first-order valence-corrected chi connectivity index (χ1v) is 9.78. The number of nitrogens with one attached hydrogen (secondary N) is 1. The normalized spacial score (nSPS) is 19.7. The van der Waals surface area contributed by atoms with Crippen LogP contribution in [-0.2, 0) is 9.53 Å². The maximum Gasteiger partial charge on any atom is 0.254 e. The van der Waals surface area contributed by atoms with Gasteiger partial charge in [0, 0.05) is 38.2 Å². The van der Waals surface area contributed by atoms with Crippen LogP contribution in [0.2, 0.25) is 0 Å². The molecule has 1 N–H and O–H groups in total. The highest BCUT2D eigenvalue weighted by molar-refractivity contribution is 5.96. The summed E-state index contributed by atoms with van der Waals surface area (Å²) >= 11 is 0. The first-order valence-electron chi connectivity index (χ1n) is 9.78. The van der Waals surface area contributed by atoms with E-state index >= 15 is 0 Å². The third kappa shape index (κ3) is 4.09. The predicted molar refractivity (Wildman–Crippen MR) is 106 cm³/mol. The molecule has 2 aliphatic rings. The van der Waals surface area contributed by atoms with Crippen LogP contribution < -0.4 is 14.8 Å². The number of amides is 2. The molecule has 7 nitrogen and oxygen atoms in total. The Morgan fingerprint density at radius 2 is 2.00 bits per heavy atom. The van der Waals surface area contributed by atoms with E-state index in [-0.39, 0.29) is 36.9 Å². The number of fused-ring (bicyclic) bond motifs is 1. The van der Waals surface area contributed by atoms with Crippen LogP contribution in [0.15, 0.2) is 42.5 Å². The van der Waals surface area contributed by atoms with Crippen molar-refractivity contribution in [3.8, 4) is 11.5 Å². The minimum absolute atomic E-state index is 0.127. The van der Waals surface area contributed by atoms with Crippen molar-refractivity contribution in [3.05, 3.63) is 59.4 Å². The van der Waals surface area contributed by atoms with E-state index in [0.29, 0.717) is 42.3 Å². The number of ether oxygens (including phenoxy) is 3. The fraction of sp³-hybridized carbons (Fsp3) is 0.364. The second-order valence-corrected chi connectivity index (χ2v) is 7.33. The van der Waals surface area contributed by atoms with Gasteiger partial charge in [0.15, 0.2) is 11.5 Å². The fourth-order valence-electron chi connectivity index (χ4n) is 3.93. The van der Waals surface area contributed by atoms with Crippen molar-refractivity contribution in [3.63, 3.8) is 0 Å². The molecule has 158 valence electrons. The maximum absolute atomic E-state index is 13.8. The van der Waals surface area contributed by atoms with E-state index in [0.717, 1.165) is 0 Å². The molecule has 0 aromatic heterocycles. The molecule has 2 aromatic rings. The predicted octanol–water partition coefficient (Wildman–Crippen LogP) is 2.17. The van der Waals surface area contributed by atoms with E-state index in [4.69, 9.17) is 14.2 Å². The average Bonchev–Trinajstić information content (AvgIpc) is 3.40. The molecule has 2 amide bonds. The van der Waals surface area contributed by atoms with Gasteiger partial charge < -0.3 is 24.4 Å². The second kappa shape index (κ2) is 8.71. The van der Waals surface area contributed by atoms with Gasteiger partial charge in [-0.05, 0) is 35.9 Å². The SMILES string of the molecule is COCCNC(=O)[C@H]1CN(C(=O)c2ccc3c(c2)OCO3)C[C@H]1c1cccc(F)c1. The molecule has 4 rings (SSSR count). The summed E-state index contributed by atoms with van der Waals surface area (Å²) in [5, 5.41) is 2.84. The zero-order valence-corrected chi connectivity index (χ0v) is 16.6. The summed E-state index contributed by atoms with van der Waals surface area (Å²) in [5.74, 6) is -0.421. The van der Waals surface area contributed by atoms with Crippen molar-refractivity contribution in [2.24, 2.45) is 5.92 Å². The monoisotopic (exact) mass is 414 g/mol. The van der Waals surface area contributed by atoms with Crippen LogP contribution in [0.1, 0.15) is 21.8 Å². The van der Waals surface area contributed by atoms with Gasteiger partial charge in [-0.15, -0.1) is 0 Å². The van der Waals surface area contributed by atoms with Gasteiger partial charge in [-0.1, -0.05) is 12.1 Å². The number of hydrogen-bond acceptors (Lipinski definition) is 5. The standard InChI is InChI=1S/C22H23FN2O5/c1-28-8-7-24-21(26)18-12-25(11-17(18)14-3-2-4-16(23)9-14)22(27)15-5-6-19-20(10-15)30-13-29-19/h2-6,9-10,17-18H,7-8,11-13H2,1H3,(H,24,26)/t17-,18-/m0/s1. The molecular weight excluding hydrogens is 391 g/mol. The van der Waals surface area contributed by atoms with Gasteiger partial charge in [-0.2, -0.15) is 0 Å². The number of likely N-dealkylation sites (tertiary alicyclic amines) is 1. The van der Waals surface area contributed by atoms with Gasteiger partial charge in [0.25, 0.3) is 5.91 Å². The number of carbonyl (C=O) groups excluding carboxylic acids is 2. The van der Waals surface area contributed by atoms with E-state index in [1.165, 1.54) is 12.1 Å². The van der Waals surface area contributed by atoms with Gasteiger partial charge in [0.05, 0.1) is 12.5 Å². The topological polar surface area (TPSA) is 77.1 Å². The Balaban J connectivity index is 1.56. The zero-order chi connectivity index (χ0) is 21.1. The minimum atomic E-state index is -0.485. The quantitative estimate of drug-likeness (QED) is 0.734. The van der Waals surface area contributed by atoms with Crippen molar-refractivity contribution in [1.82, 2.24) is 10.2 Å². The Morgan fingerprint density at radius 1 is 1.17 bits per heavy atom. The number of benzene rings is 2. The lowest BCUT2D eigenvalue weighted by atomic mass is 9.88. The highest BCUT2D eigenvalue weighted by Gasteiger charge is 2.40. The first-order chi connectivity index (χ1) is 14.6. The van der Waals surface area contributed by atoms with E-state index < -0.39 is 5.92 Å². The molecule has 2 aliphatic heterocycles. The molecule has 0 spiro atoms. The summed E-state index contributed by atoms with van der Waals surface area (Å²) in [5.41, 5.74) is 1.15. The smallest absolute Gasteiger partial charge is 0.254 e. The number of nitrogens with zero attached hydrogens (tertiary/aromatic N) is 1. The highest BCUT2D eigenvalue weighted by Crippen LogP contribution is 2.36. The summed E-state index contributed by atoms with van der Waals surface area (Å²) < 4.78 is 29.5. The molecule has 2 atom stereocenters. The van der Waals surface area contributed by atoms with Gasteiger partial charge >= 0.3 is 0 Å². The van der Waals surface area contributed by atoms with E-state index in [9.17, 15) is 14.0 Å². The third-order valence-electron chi connectivity index (χ3n) is 5.45. The largest absolute Gasteiger partial charge is 0.454 e. The molecule has 1 fully saturated rings. The lowest BCUT2D eigenvalue weighted by Crippen LogP contribution is -2.37. The molecule has 0 radical (unpaired) electrons.